The summed E-state index contributed by atoms with van der Waals surface area (Å²) in [6.07, 6.45) is -2.05. The van der Waals surface area contributed by atoms with Crippen LogP contribution in [0, 0.1) is 5.92 Å². The Hall–Kier alpha value is -1.30. The summed E-state index contributed by atoms with van der Waals surface area (Å²) >= 11 is 0. The van der Waals surface area contributed by atoms with E-state index in [1.54, 1.807) is 12.1 Å². The normalized spacial score (nSPS) is 13.0. The number of halogens is 4. The maximum Gasteiger partial charge on any atom is 0.422 e. The van der Waals surface area contributed by atoms with Crippen molar-refractivity contribution >= 4 is 29.9 Å². The van der Waals surface area contributed by atoms with Crippen LogP contribution in [-0.4, -0.2) is 49.5 Å². The Morgan fingerprint density at radius 2 is 1.97 bits per heavy atom. The van der Waals surface area contributed by atoms with E-state index >= 15 is 0 Å². The third-order valence-corrected chi connectivity index (χ3v) is 3.82. The molecule has 0 saturated carbocycles. The third-order valence-electron chi connectivity index (χ3n) is 3.82. The van der Waals surface area contributed by atoms with E-state index in [2.05, 4.69) is 34.5 Å². The average molecular weight is 532 g/mol. The van der Waals surface area contributed by atoms with E-state index in [0.717, 1.165) is 6.42 Å². The second kappa shape index (κ2) is 14.6. The summed E-state index contributed by atoms with van der Waals surface area (Å²) in [6, 6.07) is 3.29. The Morgan fingerprint density at radius 3 is 2.55 bits per heavy atom. The van der Waals surface area contributed by atoms with Gasteiger partial charge < -0.3 is 20.1 Å². The number of ether oxygens (including phenoxy) is 2. The minimum Gasteiger partial charge on any atom is -0.468 e. The molecule has 1 rings (SSSR count). The van der Waals surface area contributed by atoms with Crippen molar-refractivity contribution in [2.45, 2.75) is 52.9 Å². The lowest BCUT2D eigenvalue weighted by Gasteiger charge is -2.21. The SMILES string of the molecule is CCNC(=NCc1cccnc1OCC(F)(F)F)NCCC(OCC)C(C)C.I. The molecule has 29 heavy (non-hydrogen) atoms. The van der Waals surface area contributed by atoms with E-state index in [1.807, 2.05) is 13.8 Å². The highest BCUT2D eigenvalue weighted by molar-refractivity contribution is 14.0. The number of guanidine groups is 1. The minimum absolute atomic E-state index is 0. The first-order valence-electron chi connectivity index (χ1n) is 9.54. The average Bonchev–Trinajstić information content (AvgIpc) is 2.63. The summed E-state index contributed by atoms with van der Waals surface area (Å²) in [7, 11) is 0. The van der Waals surface area contributed by atoms with Crippen molar-refractivity contribution in [1.29, 1.82) is 0 Å². The predicted octanol–water partition coefficient (Wildman–Crippen LogP) is 4.15. The molecule has 0 saturated heterocycles. The number of pyridine rings is 1. The van der Waals surface area contributed by atoms with Crippen molar-refractivity contribution in [1.82, 2.24) is 15.6 Å². The summed E-state index contributed by atoms with van der Waals surface area (Å²) in [6.45, 7) is 8.90. The Morgan fingerprint density at radius 1 is 1.24 bits per heavy atom. The summed E-state index contributed by atoms with van der Waals surface area (Å²) in [4.78, 5) is 8.31. The molecule has 0 aromatic carbocycles. The molecule has 6 nitrogen and oxygen atoms in total. The van der Waals surface area contributed by atoms with Crippen molar-refractivity contribution < 1.29 is 22.6 Å². The van der Waals surface area contributed by atoms with Gasteiger partial charge in [-0.05, 0) is 32.3 Å². The van der Waals surface area contributed by atoms with Crippen LogP contribution in [0.15, 0.2) is 23.3 Å². The highest BCUT2D eigenvalue weighted by Crippen LogP contribution is 2.20. The summed E-state index contributed by atoms with van der Waals surface area (Å²) in [5, 5.41) is 6.35. The van der Waals surface area contributed by atoms with Crippen LogP contribution in [0.2, 0.25) is 0 Å². The number of alkyl halides is 3. The van der Waals surface area contributed by atoms with Crippen LogP contribution in [0.1, 0.15) is 39.7 Å². The van der Waals surface area contributed by atoms with E-state index in [4.69, 9.17) is 9.47 Å². The molecule has 0 radical (unpaired) electrons. The first-order valence-corrected chi connectivity index (χ1v) is 9.54. The fraction of sp³-hybridized carbons (Fsp3) is 0.684. The fourth-order valence-corrected chi connectivity index (χ4v) is 2.49. The van der Waals surface area contributed by atoms with Crippen LogP contribution in [0.3, 0.4) is 0 Å². The summed E-state index contributed by atoms with van der Waals surface area (Å²) in [5.74, 6) is 0.924. The molecule has 1 aromatic rings. The van der Waals surface area contributed by atoms with E-state index < -0.39 is 12.8 Å². The zero-order chi connectivity index (χ0) is 21.0. The maximum atomic E-state index is 12.4. The van der Waals surface area contributed by atoms with Gasteiger partial charge in [-0.15, -0.1) is 24.0 Å². The first kappa shape index (κ1) is 27.7. The van der Waals surface area contributed by atoms with Gasteiger partial charge in [0.15, 0.2) is 12.6 Å². The maximum absolute atomic E-state index is 12.4. The van der Waals surface area contributed by atoms with Gasteiger partial charge in [0.1, 0.15) is 0 Å². The molecule has 0 bridgehead atoms. The fourth-order valence-electron chi connectivity index (χ4n) is 2.49. The van der Waals surface area contributed by atoms with Gasteiger partial charge in [-0.3, -0.25) is 0 Å². The van der Waals surface area contributed by atoms with E-state index in [0.29, 0.717) is 37.1 Å². The molecule has 1 atom stereocenters. The van der Waals surface area contributed by atoms with Crippen molar-refractivity contribution in [3.63, 3.8) is 0 Å². The van der Waals surface area contributed by atoms with Gasteiger partial charge in [0.2, 0.25) is 5.88 Å². The standard InChI is InChI=1S/C19H31F3N4O2.HI/c1-5-23-18(25-11-9-16(14(3)4)27-6-2)26-12-15-8-7-10-24-17(15)28-13-19(20,21)22;/h7-8,10,14,16H,5-6,9,11-13H2,1-4H3,(H2,23,25,26);1H. The van der Waals surface area contributed by atoms with Gasteiger partial charge in [0, 0.05) is 31.5 Å². The van der Waals surface area contributed by atoms with Crippen molar-refractivity contribution in [3.05, 3.63) is 23.9 Å². The molecule has 0 aliphatic heterocycles. The molecule has 0 aliphatic rings. The molecule has 10 heteroatoms. The molecule has 0 amide bonds. The topological polar surface area (TPSA) is 67.8 Å². The number of hydrogen-bond donors (Lipinski definition) is 2. The molecule has 2 N–H and O–H groups in total. The predicted molar refractivity (Wildman–Crippen MR) is 119 cm³/mol. The van der Waals surface area contributed by atoms with E-state index in [1.165, 1.54) is 6.20 Å². The van der Waals surface area contributed by atoms with Crippen LogP contribution in [0.5, 0.6) is 5.88 Å². The largest absolute Gasteiger partial charge is 0.468 e. The highest BCUT2D eigenvalue weighted by atomic mass is 127. The summed E-state index contributed by atoms with van der Waals surface area (Å²) < 4.78 is 47.7. The quantitative estimate of drug-likeness (QED) is 0.255. The lowest BCUT2D eigenvalue weighted by Crippen LogP contribution is -2.39. The number of nitrogens with one attached hydrogen (secondary N) is 2. The van der Waals surface area contributed by atoms with Crippen LogP contribution in [0.4, 0.5) is 13.2 Å². The second-order valence-electron chi connectivity index (χ2n) is 6.52. The molecular weight excluding hydrogens is 500 g/mol. The zero-order valence-electron chi connectivity index (χ0n) is 17.4. The Labute approximate surface area is 188 Å². The smallest absolute Gasteiger partial charge is 0.422 e. The van der Waals surface area contributed by atoms with Gasteiger partial charge in [0.05, 0.1) is 12.6 Å². The van der Waals surface area contributed by atoms with Crippen LogP contribution < -0.4 is 15.4 Å². The molecule has 0 spiro atoms. The van der Waals surface area contributed by atoms with E-state index in [-0.39, 0.29) is 42.5 Å². The lowest BCUT2D eigenvalue weighted by atomic mass is 10.0. The van der Waals surface area contributed by atoms with Gasteiger partial charge in [0.25, 0.3) is 0 Å². The van der Waals surface area contributed by atoms with Crippen molar-refractivity contribution in [3.8, 4) is 5.88 Å². The van der Waals surface area contributed by atoms with Crippen LogP contribution in [0.25, 0.3) is 0 Å². The monoisotopic (exact) mass is 532 g/mol. The number of rotatable bonds is 11. The lowest BCUT2D eigenvalue weighted by molar-refractivity contribution is -0.154. The highest BCUT2D eigenvalue weighted by Gasteiger charge is 2.29. The Kier molecular flexibility index (Phi) is 14.0. The van der Waals surface area contributed by atoms with Gasteiger partial charge >= 0.3 is 6.18 Å². The first-order chi connectivity index (χ1) is 13.3. The number of aromatic nitrogens is 1. The summed E-state index contributed by atoms with van der Waals surface area (Å²) in [5.41, 5.74) is 0.485. The molecule has 1 heterocycles. The van der Waals surface area contributed by atoms with Gasteiger partial charge in [-0.1, -0.05) is 19.9 Å². The van der Waals surface area contributed by atoms with Crippen LogP contribution in [-0.2, 0) is 11.3 Å². The number of aliphatic imine (C=N–C) groups is 1. The number of hydrogen-bond acceptors (Lipinski definition) is 4. The second-order valence-corrected chi connectivity index (χ2v) is 6.52. The number of nitrogens with zero attached hydrogens (tertiary/aromatic N) is 2. The van der Waals surface area contributed by atoms with Crippen molar-refractivity contribution in [2.75, 3.05) is 26.3 Å². The molecular formula is C19H32F3IN4O2. The van der Waals surface area contributed by atoms with Crippen molar-refractivity contribution in [2.24, 2.45) is 10.9 Å². The van der Waals surface area contributed by atoms with Crippen LogP contribution >= 0.6 is 24.0 Å². The molecule has 0 fully saturated rings. The van der Waals surface area contributed by atoms with Gasteiger partial charge in [-0.25, -0.2) is 9.98 Å². The van der Waals surface area contributed by atoms with Gasteiger partial charge in [-0.2, -0.15) is 13.2 Å². The molecule has 1 unspecified atom stereocenters. The van der Waals surface area contributed by atoms with E-state index in [9.17, 15) is 13.2 Å². The zero-order valence-corrected chi connectivity index (χ0v) is 19.7. The molecule has 168 valence electrons. The molecule has 1 aromatic heterocycles. The Balaban J connectivity index is 0.00000784. The Bertz CT molecular complexity index is 601. The third kappa shape index (κ3) is 12.1. The minimum atomic E-state index is -4.41. The molecule has 0 aliphatic carbocycles.